The molecule has 2 N–H and O–H groups in total. The molecule has 7 heteroatoms. The molecular formula is C17H25ClN4O2. The quantitative estimate of drug-likeness (QED) is 0.857. The number of anilines is 1. The van der Waals surface area contributed by atoms with Crippen molar-refractivity contribution < 1.29 is 9.59 Å². The SMILES string of the molecule is CC(=O)Nc1ccc(C(=O)N2CCC(N3CCNCC3)C2)cc1.Cl. The molecule has 24 heavy (non-hydrogen) atoms. The molecule has 2 heterocycles. The molecule has 0 saturated carbocycles. The van der Waals surface area contributed by atoms with Gasteiger partial charge in [0.1, 0.15) is 0 Å². The molecule has 0 bridgehead atoms. The summed E-state index contributed by atoms with van der Waals surface area (Å²) in [6.45, 7) is 7.31. The number of carbonyl (C=O) groups is 2. The van der Waals surface area contributed by atoms with Crippen LogP contribution in [-0.2, 0) is 4.79 Å². The van der Waals surface area contributed by atoms with Crippen LogP contribution in [0.5, 0.6) is 0 Å². The molecule has 2 fully saturated rings. The minimum atomic E-state index is -0.109. The standard InChI is InChI=1S/C17H24N4O2.ClH/c1-13(22)19-15-4-2-14(3-5-15)17(23)21-9-6-16(12-21)20-10-7-18-8-11-20;/h2-5,16,18H,6-12H2,1H3,(H,19,22);1H. The van der Waals surface area contributed by atoms with Crippen LogP contribution in [0.2, 0.25) is 0 Å². The molecule has 3 rings (SSSR count). The predicted molar refractivity (Wildman–Crippen MR) is 96.7 cm³/mol. The third-order valence-corrected chi connectivity index (χ3v) is 4.57. The third kappa shape index (κ3) is 4.47. The highest BCUT2D eigenvalue weighted by Gasteiger charge is 2.31. The lowest BCUT2D eigenvalue weighted by molar-refractivity contribution is -0.114. The average molecular weight is 353 g/mol. The molecule has 0 spiro atoms. The monoisotopic (exact) mass is 352 g/mol. The first kappa shape index (κ1) is 18.7. The van der Waals surface area contributed by atoms with Gasteiger partial charge in [0.2, 0.25) is 5.91 Å². The van der Waals surface area contributed by atoms with Gasteiger partial charge in [-0.2, -0.15) is 0 Å². The van der Waals surface area contributed by atoms with Crippen molar-refractivity contribution in [3.05, 3.63) is 29.8 Å². The molecule has 1 atom stereocenters. The summed E-state index contributed by atoms with van der Waals surface area (Å²) in [7, 11) is 0. The first-order valence-electron chi connectivity index (χ1n) is 8.25. The molecule has 2 aliphatic heterocycles. The van der Waals surface area contributed by atoms with E-state index in [9.17, 15) is 9.59 Å². The maximum atomic E-state index is 12.6. The lowest BCUT2D eigenvalue weighted by Crippen LogP contribution is -2.49. The molecule has 0 aliphatic carbocycles. The summed E-state index contributed by atoms with van der Waals surface area (Å²) in [6, 6.07) is 7.61. The zero-order valence-electron chi connectivity index (χ0n) is 14.0. The van der Waals surface area contributed by atoms with Crippen LogP contribution in [0.3, 0.4) is 0 Å². The number of amides is 2. The largest absolute Gasteiger partial charge is 0.337 e. The summed E-state index contributed by atoms with van der Waals surface area (Å²) in [5.41, 5.74) is 1.40. The van der Waals surface area contributed by atoms with Crippen molar-refractivity contribution >= 4 is 29.9 Å². The van der Waals surface area contributed by atoms with Crippen molar-refractivity contribution in [1.82, 2.24) is 15.1 Å². The Hall–Kier alpha value is -1.63. The Morgan fingerprint density at radius 2 is 1.79 bits per heavy atom. The van der Waals surface area contributed by atoms with Crippen LogP contribution in [0.4, 0.5) is 5.69 Å². The number of piperazine rings is 1. The van der Waals surface area contributed by atoms with Gasteiger partial charge in [0, 0.05) is 63.5 Å². The number of halogens is 1. The lowest BCUT2D eigenvalue weighted by Gasteiger charge is -2.32. The Kier molecular flexibility index (Phi) is 6.60. The van der Waals surface area contributed by atoms with Crippen LogP contribution >= 0.6 is 12.4 Å². The van der Waals surface area contributed by atoms with E-state index in [1.165, 1.54) is 6.92 Å². The van der Waals surface area contributed by atoms with E-state index in [-0.39, 0.29) is 24.2 Å². The topological polar surface area (TPSA) is 64.7 Å². The molecular weight excluding hydrogens is 328 g/mol. The second-order valence-corrected chi connectivity index (χ2v) is 6.24. The Morgan fingerprint density at radius 1 is 1.12 bits per heavy atom. The first-order chi connectivity index (χ1) is 11.1. The van der Waals surface area contributed by atoms with Crippen LogP contribution in [0.25, 0.3) is 0 Å². The fraction of sp³-hybridized carbons (Fsp3) is 0.529. The van der Waals surface area contributed by atoms with E-state index in [1.807, 2.05) is 4.90 Å². The molecule has 2 amide bonds. The molecule has 0 radical (unpaired) electrons. The van der Waals surface area contributed by atoms with Crippen LogP contribution in [0.1, 0.15) is 23.7 Å². The van der Waals surface area contributed by atoms with Crippen molar-refractivity contribution in [2.45, 2.75) is 19.4 Å². The van der Waals surface area contributed by atoms with Crippen molar-refractivity contribution in [3.63, 3.8) is 0 Å². The van der Waals surface area contributed by atoms with E-state index in [2.05, 4.69) is 15.5 Å². The number of hydrogen-bond donors (Lipinski definition) is 2. The minimum Gasteiger partial charge on any atom is -0.337 e. The third-order valence-electron chi connectivity index (χ3n) is 4.57. The summed E-state index contributed by atoms with van der Waals surface area (Å²) in [5, 5.41) is 6.08. The van der Waals surface area contributed by atoms with Crippen molar-refractivity contribution in [2.75, 3.05) is 44.6 Å². The summed E-state index contributed by atoms with van der Waals surface area (Å²) >= 11 is 0. The van der Waals surface area contributed by atoms with Gasteiger partial charge in [0.25, 0.3) is 5.91 Å². The van der Waals surface area contributed by atoms with Crippen LogP contribution in [-0.4, -0.2) is 66.9 Å². The number of likely N-dealkylation sites (tertiary alicyclic amines) is 1. The molecule has 1 unspecified atom stereocenters. The molecule has 1 aromatic carbocycles. The maximum absolute atomic E-state index is 12.6. The zero-order chi connectivity index (χ0) is 16.2. The number of benzene rings is 1. The number of rotatable bonds is 3. The molecule has 6 nitrogen and oxygen atoms in total. The summed E-state index contributed by atoms with van der Waals surface area (Å²) in [4.78, 5) is 28.1. The molecule has 1 aromatic rings. The van der Waals surface area contributed by atoms with Gasteiger partial charge in [0.15, 0.2) is 0 Å². The Labute approximate surface area is 149 Å². The smallest absolute Gasteiger partial charge is 0.253 e. The highest BCUT2D eigenvalue weighted by Crippen LogP contribution is 2.19. The Bertz CT molecular complexity index is 572. The van der Waals surface area contributed by atoms with E-state index >= 15 is 0 Å². The fourth-order valence-electron chi connectivity index (χ4n) is 3.35. The molecule has 2 saturated heterocycles. The number of nitrogens with one attached hydrogen (secondary N) is 2. The minimum absolute atomic E-state index is 0. The van der Waals surface area contributed by atoms with Crippen LogP contribution in [0.15, 0.2) is 24.3 Å². The number of nitrogens with zero attached hydrogens (tertiary/aromatic N) is 2. The van der Waals surface area contributed by atoms with Gasteiger partial charge >= 0.3 is 0 Å². The predicted octanol–water partition coefficient (Wildman–Crippen LogP) is 1.19. The van der Waals surface area contributed by atoms with Crippen molar-refractivity contribution in [2.24, 2.45) is 0 Å². The van der Waals surface area contributed by atoms with Gasteiger partial charge in [0.05, 0.1) is 0 Å². The van der Waals surface area contributed by atoms with Crippen molar-refractivity contribution in [1.29, 1.82) is 0 Å². The van der Waals surface area contributed by atoms with Gasteiger partial charge in [-0.05, 0) is 30.7 Å². The summed E-state index contributed by atoms with van der Waals surface area (Å²) in [6.07, 6.45) is 1.05. The van der Waals surface area contributed by atoms with E-state index in [4.69, 9.17) is 0 Å². The van der Waals surface area contributed by atoms with Crippen molar-refractivity contribution in [3.8, 4) is 0 Å². The van der Waals surface area contributed by atoms with Gasteiger partial charge in [-0.1, -0.05) is 0 Å². The van der Waals surface area contributed by atoms with Gasteiger partial charge in [-0.3, -0.25) is 14.5 Å². The van der Waals surface area contributed by atoms with Gasteiger partial charge in [-0.25, -0.2) is 0 Å². The maximum Gasteiger partial charge on any atom is 0.253 e. The normalized spacial score (nSPS) is 21.2. The lowest BCUT2D eigenvalue weighted by atomic mass is 10.2. The number of hydrogen-bond acceptors (Lipinski definition) is 4. The number of carbonyl (C=O) groups excluding carboxylic acids is 2. The highest BCUT2D eigenvalue weighted by atomic mass is 35.5. The van der Waals surface area contributed by atoms with Gasteiger partial charge < -0.3 is 15.5 Å². The second-order valence-electron chi connectivity index (χ2n) is 6.24. The summed E-state index contributed by atoms with van der Waals surface area (Å²) < 4.78 is 0. The average Bonchev–Trinajstić information content (AvgIpc) is 3.05. The Balaban J connectivity index is 0.00000208. The van der Waals surface area contributed by atoms with Crippen LogP contribution in [0, 0.1) is 0 Å². The highest BCUT2D eigenvalue weighted by molar-refractivity contribution is 5.95. The second kappa shape index (κ2) is 8.46. The van der Waals surface area contributed by atoms with E-state index in [1.54, 1.807) is 24.3 Å². The fourth-order valence-corrected chi connectivity index (χ4v) is 3.35. The first-order valence-corrected chi connectivity index (χ1v) is 8.25. The van der Waals surface area contributed by atoms with E-state index in [0.717, 1.165) is 45.7 Å². The molecule has 132 valence electrons. The van der Waals surface area contributed by atoms with Gasteiger partial charge in [-0.15, -0.1) is 12.4 Å². The Morgan fingerprint density at radius 3 is 2.42 bits per heavy atom. The zero-order valence-corrected chi connectivity index (χ0v) is 14.8. The van der Waals surface area contributed by atoms with E-state index < -0.39 is 0 Å². The van der Waals surface area contributed by atoms with Crippen LogP contribution < -0.4 is 10.6 Å². The molecule has 2 aliphatic rings. The van der Waals surface area contributed by atoms with E-state index in [0.29, 0.717) is 17.3 Å². The summed E-state index contributed by atoms with van der Waals surface area (Å²) in [5.74, 6) is -0.0282. The molecule has 0 aromatic heterocycles.